The summed E-state index contributed by atoms with van der Waals surface area (Å²) in [6.45, 7) is 0.571. The number of hydrogen-bond acceptors (Lipinski definition) is 3. The highest BCUT2D eigenvalue weighted by Crippen LogP contribution is 2.17. The van der Waals surface area contributed by atoms with Crippen molar-refractivity contribution in [1.82, 2.24) is 0 Å². The minimum atomic E-state index is 0.238. The van der Waals surface area contributed by atoms with Gasteiger partial charge < -0.3 is 5.11 Å². The summed E-state index contributed by atoms with van der Waals surface area (Å²) in [6.07, 6.45) is 0. The summed E-state index contributed by atoms with van der Waals surface area (Å²) in [5.41, 5.74) is 1.87. The molecule has 0 aromatic heterocycles. The molecule has 0 spiro atoms. The molecule has 2 aromatic carbocycles. The average molecular weight is 212 g/mol. The maximum absolute atomic E-state index is 9.09. The molecule has 0 atom stereocenters. The smallest absolute Gasteiger partial charge is 0.115 e. The molecular formula is C13H12N2O. The van der Waals surface area contributed by atoms with E-state index in [0.29, 0.717) is 6.54 Å². The van der Waals surface area contributed by atoms with Gasteiger partial charge in [0, 0.05) is 0 Å². The van der Waals surface area contributed by atoms with Crippen molar-refractivity contribution in [2.24, 2.45) is 10.2 Å². The van der Waals surface area contributed by atoms with E-state index >= 15 is 0 Å². The van der Waals surface area contributed by atoms with Gasteiger partial charge in [0.25, 0.3) is 0 Å². The van der Waals surface area contributed by atoms with Gasteiger partial charge in [-0.25, -0.2) is 0 Å². The zero-order valence-corrected chi connectivity index (χ0v) is 8.74. The second kappa shape index (κ2) is 5.07. The zero-order valence-electron chi connectivity index (χ0n) is 8.74. The van der Waals surface area contributed by atoms with E-state index in [1.165, 1.54) is 0 Å². The summed E-state index contributed by atoms with van der Waals surface area (Å²) in [4.78, 5) is 0. The number of aromatic hydroxyl groups is 1. The van der Waals surface area contributed by atoms with Crippen molar-refractivity contribution >= 4 is 5.69 Å². The third-order valence-electron chi connectivity index (χ3n) is 2.13. The van der Waals surface area contributed by atoms with Crippen LogP contribution in [0.5, 0.6) is 5.75 Å². The van der Waals surface area contributed by atoms with Gasteiger partial charge in [0.1, 0.15) is 5.75 Å². The molecule has 16 heavy (non-hydrogen) atoms. The van der Waals surface area contributed by atoms with Crippen molar-refractivity contribution in [3.63, 3.8) is 0 Å². The lowest BCUT2D eigenvalue weighted by molar-refractivity contribution is 0.475. The number of benzene rings is 2. The molecule has 0 radical (unpaired) electrons. The van der Waals surface area contributed by atoms with Crippen LogP contribution in [0.3, 0.4) is 0 Å². The maximum atomic E-state index is 9.09. The van der Waals surface area contributed by atoms with Gasteiger partial charge >= 0.3 is 0 Å². The van der Waals surface area contributed by atoms with Crippen molar-refractivity contribution in [1.29, 1.82) is 0 Å². The van der Waals surface area contributed by atoms with Crippen LogP contribution in [0, 0.1) is 0 Å². The molecule has 80 valence electrons. The molecular weight excluding hydrogens is 200 g/mol. The first-order valence-electron chi connectivity index (χ1n) is 5.05. The molecule has 0 aliphatic heterocycles. The van der Waals surface area contributed by atoms with E-state index in [0.717, 1.165) is 11.3 Å². The normalized spacial score (nSPS) is 10.8. The van der Waals surface area contributed by atoms with Crippen molar-refractivity contribution < 1.29 is 5.11 Å². The first-order chi connectivity index (χ1) is 7.84. The van der Waals surface area contributed by atoms with Crippen LogP contribution in [0.1, 0.15) is 5.56 Å². The van der Waals surface area contributed by atoms with Crippen LogP contribution in [-0.4, -0.2) is 5.11 Å². The van der Waals surface area contributed by atoms with Crippen LogP contribution in [0.2, 0.25) is 0 Å². The summed E-state index contributed by atoms with van der Waals surface area (Å²) in [5.74, 6) is 0.238. The topological polar surface area (TPSA) is 45.0 Å². The molecule has 2 aromatic rings. The fourth-order valence-electron chi connectivity index (χ4n) is 1.30. The summed E-state index contributed by atoms with van der Waals surface area (Å²) in [6, 6.07) is 16.6. The fourth-order valence-corrected chi connectivity index (χ4v) is 1.30. The number of azo groups is 1. The highest BCUT2D eigenvalue weighted by molar-refractivity contribution is 5.39. The molecule has 0 saturated carbocycles. The fraction of sp³-hybridized carbons (Fsp3) is 0.0769. The monoisotopic (exact) mass is 212 g/mol. The van der Waals surface area contributed by atoms with Gasteiger partial charge in [0.15, 0.2) is 0 Å². The molecule has 0 saturated heterocycles. The Bertz CT molecular complexity index is 463. The Labute approximate surface area is 94.1 Å². The largest absolute Gasteiger partial charge is 0.508 e. The van der Waals surface area contributed by atoms with Crippen LogP contribution < -0.4 is 0 Å². The number of hydrogen-bond donors (Lipinski definition) is 1. The van der Waals surface area contributed by atoms with Crippen LogP contribution >= 0.6 is 0 Å². The molecule has 1 N–H and O–H groups in total. The Morgan fingerprint density at radius 1 is 0.875 bits per heavy atom. The minimum absolute atomic E-state index is 0.238. The number of nitrogens with zero attached hydrogens (tertiary/aromatic N) is 2. The van der Waals surface area contributed by atoms with Crippen molar-refractivity contribution in [2.75, 3.05) is 0 Å². The molecule has 3 heteroatoms. The lowest BCUT2D eigenvalue weighted by atomic mass is 10.2. The summed E-state index contributed by atoms with van der Waals surface area (Å²) in [7, 11) is 0. The van der Waals surface area contributed by atoms with Gasteiger partial charge in [-0.3, -0.25) is 0 Å². The molecule has 0 aliphatic carbocycles. The van der Waals surface area contributed by atoms with E-state index in [4.69, 9.17) is 5.11 Å². The summed E-state index contributed by atoms with van der Waals surface area (Å²) in [5, 5.41) is 17.2. The lowest BCUT2D eigenvalue weighted by Gasteiger charge is -1.94. The Kier molecular flexibility index (Phi) is 3.28. The lowest BCUT2D eigenvalue weighted by Crippen LogP contribution is -1.77. The molecule has 0 aliphatic rings. The van der Waals surface area contributed by atoms with E-state index < -0.39 is 0 Å². The van der Waals surface area contributed by atoms with Crippen molar-refractivity contribution in [3.05, 3.63) is 60.2 Å². The van der Waals surface area contributed by atoms with Gasteiger partial charge in [-0.05, 0) is 29.8 Å². The molecule has 3 nitrogen and oxygen atoms in total. The molecule has 0 heterocycles. The van der Waals surface area contributed by atoms with Gasteiger partial charge in [-0.1, -0.05) is 30.3 Å². The Hall–Kier alpha value is -2.16. The number of phenolic OH excluding ortho intramolecular Hbond substituents is 1. The van der Waals surface area contributed by atoms with Crippen molar-refractivity contribution in [3.8, 4) is 5.75 Å². The second-order valence-corrected chi connectivity index (χ2v) is 3.40. The number of rotatable bonds is 3. The van der Waals surface area contributed by atoms with Gasteiger partial charge in [-0.15, -0.1) is 0 Å². The Morgan fingerprint density at radius 2 is 1.56 bits per heavy atom. The first kappa shape index (κ1) is 10.4. The van der Waals surface area contributed by atoms with Crippen molar-refractivity contribution in [2.45, 2.75) is 6.54 Å². The molecule has 0 bridgehead atoms. The number of phenols is 1. The predicted octanol–water partition coefficient (Wildman–Crippen LogP) is 3.68. The van der Waals surface area contributed by atoms with E-state index in [1.807, 2.05) is 30.3 Å². The third kappa shape index (κ3) is 2.92. The maximum Gasteiger partial charge on any atom is 0.115 e. The van der Waals surface area contributed by atoms with E-state index in [1.54, 1.807) is 24.3 Å². The average Bonchev–Trinajstić information content (AvgIpc) is 2.33. The predicted molar refractivity (Wildman–Crippen MR) is 62.8 cm³/mol. The zero-order chi connectivity index (χ0) is 11.2. The van der Waals surface area contributed by atoms with Crippen LogP contribution in [0.15, 0.2) is 64.8 Å². The molecule has 0 amide bonds. The first-order valence-corrected chi connectivity index (χ1v) is 5.05. The molecule has 0 unspecified atom stereocenters. The van der Waals surface area contributed by atoms with Crippen LogP contribution in [0.4, 0.5) is 5.69 Å². The Morgan fingerprint density at radius 3 is 2.25 bits per heavy atom. The SMILES string of the molecule is Oc1ccc(N=NCc2ccccc2)cc1. The Balaban J connectivity index is 1.98. The standard InChI is InChI=1S/C13H12N2O/c16-13-8-6-12(7-9-13)15-14-10-11-4-2-1-3-5-11/h1-9,16H,10H2. The summed E-state index contributed by atoms with van der Waals surface area (Å²) < 4.78 is 0. The quantitative estimate of drug-likeness (QED) is 0.775. The molecule has 0 fully saturated rings. The van der Waals surface area contributed by atoms with E-state index in [9.17, 15) is 0 Å². The van der Waals surface area contributed by atoms with E-state index in [-0.39, 0.29) is 5.75 Å². The van der Waals surface area contributed by atoms with Gasteiger partial charge in [-0.2, -0.15) is 10.2 Å². The van der Waals surface area contributed by atoms with Gasteiger partial charge in [0.05, 0.1) is 12.2 Å². The summed E-state index contributed by atoms with van der Waals surface area (Å²) >= 11 is 0. The highest BCUT2D eigenvalue weighted by Gasteiger charge is 1.90. The molecule has 2 rings (SSSR count). The second-order valence-electron chi connectivity index (χ2n) is 3.40. The van der Waals surface area contributed by atoms with Crippen LogP contribution in [-0.2, 0) is 6.54 Å². The third-order valence-corrected chi connectivity index (χ3v) is 2.13. The van der Waals surface area contributed by atoms with Crippen LogP contribution in [0.25, 0.3) is 0 Å². The van der Waals surface area contributed by atoms with Gasteiger partial charge in [0.2, 0.25) is 0 Å². The highest BCUT2D eigenvalue weighted by atomic mass is 16.3. The van der Waals surface area contributed by atoms with E-state index in [2.05, 4.69) is 10.2 Å². The minimum Gasteiger partial charge on any atom is -0.508 e.